The molecule has 9 nitrogen and oxygen atoms in total. The highest BCUT2D eigenvalue weighted by molar-refractivity contribution is 6.10. The monoisotopic (exact) mass is 593 g/mol. The molecule has 2 aliphatic heterocycles. The summed E-state index contributed by atoms with van der Waals surface area (Å²) in [4.78, 5) is 38.4. The lowest BCUT2D eigenvalue weighted by Crippen LogP contribution is -2.31. The Morgan fingerprint density at radius 2 is 1.95 bits per heavy atom. The molecule has 5 rings (SSSR count). The number of carbonyl (C=O) groups excluding carboxylic acids is 1. The van der Waals surface area contributed by atoms with Crippen LogP contribution in [0.1, 0.15) is 55.4 Å². The maximum absolute atomic E-state index is 14.4. The minimum Gasteiger partial charge on any atom is -0.404 e. The van der Waals surface area contributed by atoms with Gasteiger partial charge in [-0.05, 0) is 55.5 Å². The summed E-state index contributed by atoms with van der Waals surface area (Å²) in [6.07, 6.45) is 2.23. The average Bonchev–Trinajstić information content (AvgIpc) is 3.52. The van der Waals surface area contributed by atoms with Gasteiger partial charge in [-0.15, -0.1) is 0 Å². The molecule has 1 saturated heterocycles. The van der Waals surface area contributed by atoms with E-state index in [9.17, 15) is 18.4 Å². The molecule has 0 aliphatic carbocycles. The molecule has 230 valence electrons. The number of rotatable bonds is 6. The van der Waals surface area contributed by atoms with Gasteiger partial charge in [-0.2, -0.15) is 0 Å². The van der Waals surface area contributed by atoms with E-state index in [1.807, 2.05) is 35.8 Å². The second-order valence-electron chi connectivity index (χ2n) is 10.6. The lowest BCUT2D eigenvalue weighted by molar-refractivity contribution is -0.123. The number of amides is 1. The maximum Gasteiger partial charge on any atom is 0.264 e. The zero-order valence-corrected chi connectivity index (χ0v) is 25.7. The number of nitrogens with one attached hydrogen (secondary N) is 1. The first kappa shape index (κ1) is 31.7. The van der Waals surface area contributed by atoms with Crippen LogP contribution in [0.15, 0.2) is 40.3 Å². The standard InChI is InChI=1S/C30H35F2N7O2.C2H6/c1-17-10-23-25(37(4)30(17)41)13-26(38-9-7-19(16-38)29(40)35-3)36-28(23)39-8-5-6-18-11-21(20(14-33)15-34-2)22(27(31)32)12-24(18)39;1-2/h10-15,19,27H,5-9,16,33H2,1-4H3,(H,35,40);1-2H3/b20-14+,34-15?;. The van der Waals surface area contributed by atoms with Crippen LogP contribution >= 0.6 is 0 Å². The van der Waals surface area contributed by atoms with E-state index in [0.717, 1.165) is 17.4 Å². The van der Waals surface area contributed by atoms with E-state index in [0.29, 0.717) is 72.0 Å². The van der Waals surface area contributed by atoms with Gasteiger partial charge in [0.2, 0.25) is 5.91 Å². The van der Waals surface area contributed by atoms with Crippen molar-refractivity contribution in [2.24, 2.45) is 23.7 Å². The summed E-state index contributed by atoms with van der Waals surface area (Å²) >= 11 is 0. The van der Waals surface area contributed by atoms with Gasteiger partial charge in [0.15, 0.2) is 0 Å². The third-order valence-corrected chi connectivity index (χ3v) is 8.12. The molecule has 3 N–H and O–H groups in total. The van der Waals surface area contributed by atoms with Crippen LogP contribution < -0.4 is 26.4 Å². The number of hydrogen-bond acceptors (Lipinski definition) is 7. The summed E-state index contributed by atoms with van der Waals surface area (Å²) in [5.74, 6) is 1.05. The van der Waals surface area contributed by atoms with Crippen LogP contribution in [0.3, 0.4) is 0 Å². The molecule has 1 atom stereocenters. The van der Waals surface area contributed by atoms with Crippen molar-refractivity contribution in [1.29, 1.82) is 0 Å². The molecule has 0 bridgehead atoms. The number of fused-ring (bicyclic) bond motifs is 2. The van der Waals surface area contributed by atoms with Gasteiger partial charge in [-0.25, -0.2) is 13.8 Å². The molecule has 2 aliphatic rings. The Bertz CT molecular complexity index is 1630. The largest absolute Gasteiger partial charge is 0.404 e. The fourth-order valence-corrected chi connectivity index (χ4v) is 5.98. The first-order valence-electron chi connectivity index (χ1n) is 14.7. The van der Waals surface area contributed by atoms with Crippen molar-refractivity contribution in [2.45, 2.75) is 46.5 Å². The minimum absolute atomic E-state index is 0.0177. The first-order valence-corrected chi connectivity index (χ1v) is 14.7. The molecule has 11 heteroatoms. The van der Waals surface area contributed by atoms with Crippen LogP contribution in [-0.2, 0) is 18.3 Å². The SMILES string of the molecule is CC.CN=C/C(=C\N)c1cc2c(cc1C(F)F)N(c1nc(N3CCC(C(=O)NC)C3)cc3c1cc(C)c(=O)n3C)CCC2. The lowest BCUT2D eigenvalue weighted by atomic mass is 9.92. The van der Waals surface area contributed by atoms with Crippen molar-refractivity contribution in [3.05, 3.63) is 63.1 Å². The number of anilines is 3. The molecule has 1 aromatic carbocycles. The molecule has 43 heavy (non-hydrogen) atoms. The van der Waals surface area contributed by atoms with E-state index >= 15 is 0 Å². The van der Waals surface area contributed by atoms with Gasteiger partial charge in [0.05, 0.1) is 11.4 Å². The van der Waals surface area contributed by atoms with E-state index in [-0.39, 0.29) is 22.9 Å². The summed E-state index contributed by atoms with van der Waals surface area (Å²) in [7, 11) is 4.93. The van der Waals surface area contributed by atoms with Crippen molar-refractivity contribution in [3.63, 3.8) is 0 Å². The van der Waals surface area contributed by atoms with Crippen LogP contribution in [0, 0.1) is 12.8 Å². The topological polar surface area (TPSA) is 109 Å². The van der Waals surface area contributed by atoms with Gasteiger partial charge in [-0.3, -0.25) is 14.6 Å². The highest BCUT2D eigenvalue weighted by Crippen LogP contribution is 2.42. The summed E-state index contributed by atoms with van der Waals surface area (Å²) in [6, 6.07) is 7.02. The second kappa shape index (κ2) is 13.4. The van der Waals surface area contributed by atoms with Gasteiger partial charge in [0.1, 0.15) is 11.6 Å². The molecule has 0 radical (unpaired) electrons. The van der Waals surface area contributed by atoms with Crippen molar-refractivity contribution >= 4 is 45.9 Å². The van der Waals surface area contributed by atoms with Crippen molar-refractivity contribution in [1.82, 2.24) is 14.9 Å². The number of aryl methyl sites for hydroxylation is 3. The molecule has 0 saturated carbocycles. The molecule has 2 aromatic heterocycles. The zero-order valence-electron chi connectivity index (χ0n) is 25.7. The average molecular weight is 594 g/mol. The number of halogens is 2. The quantitative estimate of drug-likeness (QED) is 0.395. The number of aromatic nitrogens is 2. The Kier molecular flexibility index (Phi) is 9.83. The molecular weight excluding hydrogens is 552 g/mol. The molecule has 0 spiro atoms. The zero-order chi connectivity index (χ0) is 31.4. The number of alkyl halides is 2. The van der Waals surface area contributed by atoms with Gasteiger partial charge in [0, 0.05) is 87.0 Å². The van der Waals surface area contributed by atoms with E-state index in [1.54, 1.807) is 38.7 Å². The number of nitrogens with zero attached hydrogens (tertiary/aromatic N) is 5. The molecule has 3 aromatic rings. The van der Waals surface area contributed by atoms with Gasteiger partial charge in [0.25, 0.3) is 12.0 Å². The maximum atomic E-state index is 14.4. The van der Waals surface area contributed by atoms with Crippen molar-refractivity contribution in [2.75, 3.05) is 43.5 Å². The minimum atomic E-state index is -2.73. The second-order valence-corrected chi connectivity index (χ2v) is 10.6. The molecule has 1 amide bonds. The Morgan fingerprint density at radius 3 is 2.60 bits per heavy atom. The van der Waals surface area contributed by atoms with Crippen LogP contribution in [0.25, 0.3) is 16.5 Å². The predicted octanol–water partition coefficient (Wildman–Crippen LogP) is 4.86. The van der Waals surface area contributed by atoms with Crippen LogP contribution in [0.5, 0.6) is 0 Å². The van der Waals surface area contributed by atoms with E-state index in [4.69, 9.17) is 10.7 Å². The van der Waals surface area contributed by atoms with E-state index in [1.165, 1.54) is 18.5 Å². The number of aliphatic imine (C=N–C) groups is 1. The Morgan fingerprint density at radius 1 is 1.21 bits per heavy atom. The number of nitrogens with two attached hydrogens (primary N) is 1. The summed E-state index contributed by atoms with van der Waals surface area (Å²) in [5.41, 5.74) is 9.14. The van der Waals surface area contributed by atoms with Gasteiger partial charge < -0.3 is 25.4 Å². The van der Waals surface area contributed by atoms with E-state index in [2.05, 4.69) is 10.3 Å². The Hall–Kier alpha value is -4.28. The van der Waals surface area contributed by atoms with Gasteiger partial charge >= 0.3 is 0 Å². The summed E-state index contributed by atoms with van der Waals surface area (Å²) in [5, 5.41) is 3.48. The first-order chi connectivity index (χ1) is 20.7. The van der Waals surface area contributed by atoms with E-state index < -0.39 is 6.43 Å². The molecule has 1 fully saturated rings. The Balaban J connectivity index is 0.00000207. The Labute approximate surface area is 251 Å². The van der Waals surface area contributed by atoms with Crippen molar-refractivity contribution in [3.8, 4) is 0 Å². The molecule has 4 heterocycles. The highest BCUT2D eigenvalue weighted by Gasteiger charge is 2.31. The fourth-order valence-electron chi connectivity index (χ4n) is 5.98. The third-order valence-electron chi connectivity index (χ3n) is 8.12. The molecular formula is C32H41F2N7O2. The summed E-state index contributed by atoms with van der Waals surface area (Å²) in [6.45, 7) is 7.47. The van der Waals surface area contributed by atoms with Gasteiger partial charge in [-0.1, -0.05) is 13.8 Å². The van der Waals surface area contributed by atoms with Crippen LogP contribution in [-0.4, -0.2) is 55.4 Å². The molecule has 1 unspecified atom stereocenters. The number of hydrogen-bond donors (Lipinski definition) is 2. The van der Waals surface area contributed by atoms with Crippen molar-refractivity contribution < 1.29 is 13.6 Å². The highest BCUT2D eigenvalue weighted by atomic mass is 19.3. The number of carbonyl (C=O) groups is 1. The predicted molar refractivity (Wildman–Crippen MR) is 171 cm³/mol. The summed E-state index contributed by atoms with van der Waals surface area (Å²) < 4.78 is 30.5. The van der Waals surface area contributed by atoms with Crippen LogP contribution in [0.2, 0.25) is 0 Å². The normalized spacial score (nSPS) is 17.0. The smallest absolute Gasteiger partial charge is 0.264 e. The van der Waals surface area contributed by atoms with Crippen LogP contribution in [0.4, 0.5) is 26.1 Å². The number of pyridine rings is 2. The third kappa shape index (κ3) is 5.98. The number of benzene rings is 1. The lowest BCUT2D eigenvalue weighted by Gasteiger charge is -2.33. The number of allylic oxidation sites excluding steroid dienone is 1. The fraction of sp³-hybridized carbons (Fsp3) is 0.438.